The van der Waals surface area contributed by atoms with Gasteiger partial charge >= 0.3 is 0 Å². The van der Waals surface area contributed by atoms with Crippen LogP contribution in [0.3, 0.4) is 0 Å². The molecule has 0 unspecified atom stereocenters. The summed E-state index contributed by atoms with van der Waals surface area (Å²) in [5.41, 5.74) is 5.66. The molecule has 1 aliphatic rings. The highest BCUT2D eigenvalue weighted by molar-refractivity contribution is 5.68. The Bertz CT molecular complexity index is 382. The van der Waals surface area contributed by atoms with Crippen molar-refractivity contribution < 1.29 is 5.11 Å². The molecule has 1 aromatic carbocycles. The number of benzene rings is 1. The molecule has 16 heavy (non-hydrogen) atoms. The van der Waals surface area contributed by atoms with Crippen LogP contribution >= 0.6 is 0 Å². The lowest BCUT2D eigenvalue weighted by molar-refractivity contribution is 0.399. The first-order valence-electron chi connectivity index (χ1n) is 5.69. The molecule has 1 aromatic rings. The van der Waals surface area contributed by atoms with E-state index in [1.807, 2.05) is 0 Å². The first-order valence-corrected chi connectivity index (χ1v) is 5.69. The van der Waals surface area contributed by atoms with Crippen molar-refractivity contribution in [1.82, 2.24) is 0 Å². The van der Waals surface area contributed by atoms with Gasteiger partial charge in [0.25, 0.3) is 0 Å². The van der Waals surface area contributed by atoms with Crippen LogP contribution in [-0.2, 0) is 0 Å². The minimum Gasteiger partial charge on any atom is -0.448 e. The Morgan fingerprint density at radius 3 is 2.00 bits per heavy atom. The fraction of sp³-hybridized carbons (Fsp3) is 0.333. The summed E-state index contributed by atoms with van der Waals surface area (Å²) >= 11 is 0. The lowest BCUT2D eigenvalue weighted by Gasteiger charge is -2.12. The number of hydrogen-bond donors (Lipinski definition) is 0. The second-order valence-electron chi connectivity index (χ2n) is 4.07. The van der Waals surface area contributed by atoms with E-state index >= 15 is 0 Å². The van der Waals surface area contributed by atoms with E-state index in [0.29, 0.717) is 0 Å². The van der Waals surface area contributed by atoms with Gasteiger partial charge in [-0.2, -0.15) is 0 Å². The van der Waals surface area contributed by atoms with Crippen molar-refractivity contribution in [3.63, 3.8) is 0 Å². The molecule has 2 N–H and O–H groups in total. The van der Waals surface area contributed by atoms with Crippen molar-refractivity contribution in [2.75, 3.05) is 7.11 Å². The van der Waals surface area contributed by atoms with Crippen LogP contribution in [0.4, 0.5) is 0 Å². The Hall–Kier alpha value is -1.34. The lowest BCUT2D eigenvalue weighted by Crippen LogP contribution is -1.91. The molecule has 2 rings (SSSR count). The Kier molecular flexibility index (Phi) is 5.00. The molecular formula is C15H21O+. The Balaban J connectivity index is 0.000000606. The molecule has 0 radical (unpaired) electrons. The Morgan fingerprint density at radius 1 is 0.875 bits per heavy atom. The third kappa shape index (κ3) is 3.35. The van der Waals surface area contributed by atoms with Gasteiger partial charge in [-0.05, 0) is 37.8 Å². The Labute approximate surface area is 98.1 Å². The molecule has 0 aliphatic heterocycles. The molecule has 0 aromatic heterocycles. The van der Waals surface area contributed by atoms with E-state index in [1.54, 1.807) is 0 Å². The van der Waals surface area contributed by atoms with Gasteiger partial charge in [0.1, 0.15) is 7.11 Å². The zero-order valence-electron chi connectivity index (χ0n) is 10.4. The van der Waals surface area contributed by atoms with Crippen molar-refractivity contribution in [1.29, 1.82) is 0 Å². The smallest absolute Gasteiger partial charge is 0.133 e. The van der Waals surface area contributed by atoms with E-state index in [4.69, 9.17) is 5.11 Å². The van der Waals surface area contributed by atoms with Crippen molar-refractivity contribution in [2.24, 2.45) is 0 Å². The maximum absolute atomic E-state index is 5.75. The van der Waals surface area contributed by atoms with Gasteiger partial charge in [-0.25, -0.2) is 0 Å². The number of aryl methyl sites for hydroxylation is 1. The van der Waals surface area contributed by atoms with Gasteiger partial charge in [0, 0.05) is 0 Å². The highest BCUT2D eigenvalue weighted by Gasteiger charge is 2.04. The van der Waals surface area contributed by atoms with Crippen LogP contribution < -0.4 is 0 Å². The summed E-state index contributed by atoms with van der Waals surface area (Å²) in [6.07, 6.45) is 6.88. The van der Waals surface area contributed by atoms with Crippen LogP contribution in [0.2, 0.25) is 0 Å². The van der Waals surface area contributed by atoms with Gasteiger partial charge in [0.05, 0.1) is 0 Å². The predicted octanol–water partition coefficient (Wildman–Crippen LogP) is 3.46. The lowest BCUT2D eigenvalue weighted by atomic mass is 9.93. The monoisotopic (exact) mass is 217 g/mol. The molecule has 1 heteroatoms. The van der Waals surface area contributed by atoms with Crippen molar-refractivity contribution >= 4 is 5.57 Å². The molecule has 1 aliphatic carbocycles. The molecule has 0 fully saturated rings. The minimum atomic E-state index is 1.19. The number of rotatable bonds is 1. The van der Waals surface area contributed by atoms with E-state index in [-0.39, 0.29) is 0 Å². The zero-order valence-corrected chi connectivity index (χ0v) is 10.4. The first kappa shape index (κ1) is 12.7. The maximum Gasteiger partial charge on any atom is 0.133 e. The third-order valence-electron chi connectivity index (χ3n) is 2.78. The normalized spacial score (nSPS) is 14.5. The van der Waals surface area contributed by atoms with E-state index < -0.39 is 0 Å². The van der Waals surface area contributed by atoms with E-state index in [2.05, 4.69) is 50.3 Å². The SMILES string of the molecule is CC1=CC=C(c2ccc(C)cc2)CC1.C[OH2+]. The van der Waals surface area contributed by atoms with Crippen LogP contribution in [0, 0.1) is 6.92 Å². The average molecular weight is 217 g/mol. The predicted molar refractivity (Wildman–Crippen MR) is 71.7 cm³/mol. The van der Waals surface area contributed by atoms with Crippen LogP contribution in [0.15, 0.2) is 42.0 Å². The van der Waals surface area contributed by atoms with E-state index in [1.165, 1.54) is 42.2 Å². The molecule has 0 heterocycles. The highest BCUT2D eigenvalue weighted by atomic mass is 16.2. The molecule has 0 saturated heterocycles. The zero-order chi connectivity index (χ0) is 12.0. The van der Waals surface area contributed by atoms with Crippen molar-refractivity contribution in [2.45, 2.75) is 26.7 Å². The summed E-state index contributed by atoms with van der Waals surface area (Å²) in [4.78, 5) is 0. The van der Waals surface area contributed by atoms with Gasteiger partial charge in [0.2, 0.25) is 0 Å². The third-order valence-corrected chi connectivity index (χ3v) is 2.78. The second kappa shape index (κ2) is 6.29. The molecule has 86 valence electrons. The van der Waals surface area contributed by atoms with Gasteiger partial charge in [-0.1, -0.05) is 47.6 Å². The van der Waals surface area contributed by atoms with Crippen LogP contribution in [0.25, 0.3) is 5.57 Å². The summed E-state index contributed by atoms with van der Waals surface area (Å²) in [5.74, 6) is 0. The molecule has 0 atom stereocenters. The molecule has 0 bridgehead atoms. The van der Waals surface area contributed by atoms with Crippen LogP contribution in [-0.4, -0.2) is 12.2 Å². The largest absolute Gasteiger partial charge is 0.448 e. The maximum atomic E-state index is 5.75. The quantitative estimate of drug-likeness (QED) is 0.643. The van der Waals surface area contributed by atoms with Gasteiger partial charge in [0.15, 0.2) is 0 Å². The summed E-state index contributed by atoms with van der Waals surface area (Å²) in [6.45, 7) is 4.32. The Morgan fingerprint density at radius 2 is 1.50 bits per heavy atom. The van der Waals surface area contributed by atoms with Gasteiger partial charge < -0.3 is 5.11 Å². The summed E-state index contributed by atoms with van der Waals surface area (Å²) in [7, 11) is 1.25. The highest BCUT2D eigenvalue weighted by Crippen LogP contribution is 2.26. The first-order chi connectivity index (χ1) is 7.75. The average Bonchev–Trinajstić information content (AvgIpc) is 2.34. The van der Waals surface area contributed by atoms with Crippen molar-refractivity contribution in [3.8, 4) is 0 Å². The van der Waals surface area contributed by atoms with Gasteiger partial charge in [-0.15, -0.1) is 0 Å². The molecular weight excluding hydrogens is 196 g/mol. The standard InChI is InChI=1S/C14H16.CH4O/c1-11-3-7-13(8-4-11)14-9-5-12(2)6-10-14;1-2/h3-5,7-9H,6,10H2,1-2H3;2H,1H3/p+1. The summed E-state index contributed by atoms with van der Waals surface area (Å²) in [5, 5.41) is 5.75. The molecule has 0 spiro atoms. The minimum absolute atomic E-state index is 1.19. The topological polar surface area (TPSA) is 22.9 Å². The fourth-order valence-corrected chi connectivity index (χ4v) is 1.75. The second-order valence-corrected chi connectivity index (χ2v) is 4.07. The van der Waals surface area contributed by atoms with Gasteiger partial charge in [-0.3, -0.25) is 0 Å². The molecule has 1 nitrogen and oxygen atoms in total. The van der Waals surface area contributed by atoms with Crippen LogP contribution in [0.5, 0.6) is 0 Å². The van der Waals surface area contributed by atoms with Crippen molar-refractivity contribution in [3.05, 3.63) is 53.1 Å². The fourth-order valence-electron chi connectivity index (χ4n) is 1.75. The number of hydrogen-bond acceptors (Lipinski definition) is 0. The molecule has 0 saturated carbocycles. The molecule has 0 amide bonds. The number of allylic oxidation sites excluding steroid dienone is 4. The van der Waals surface area contributed by atoms with Crippen LogP contribution in [0.1, 0.15) is 30.9 Å². The van der Waals surface area contributed by atoms with E-state index in [9.17, 15) is 0 Å². The van der Waals surface area contributed by atoms with E-state index in [0.717, 1.165) is 0 Å². The summed E-state index contributed by atoms with van der Waals surface area (Å²) in [6, 6.07) is 8.80. The summed E-state index contributed by atoms with van der Waals surface area (Å²) < 4.78 is 0.